The molecule has 0 bridgehead atoms. The van der Waals surface area contributed by atoms with Crippen molar-refractivity contribution in [1.82, 2.24) is 9.97 Å². The van der Waals surface area contributed by atoms with Gasteiger partial charge in [-0.2, -0.15) is 4.98 Å². The van der Waals surface area contributed by atoms with Gasteiger partial charge < -0.3 is 10.5 Å². The normalized spacial score (nSPS) is 10.1. The smallest absolute Gasteiger partial charge is 0.322 e. The zero-order chi connectivity index (χ0) is 13.1. The molecule has 0 fully saturated rings. The minimum atomic E-state index is 0.158. The highest BCUT2D eigenvalue weighted by molar-refractivity contribution is 7.80. The van der Waals surface area contributed by atoms with Gasteiger partial charge in [-0.05, 0) is 30.7 Å². The third-order valence-corrected chi connectivity index (χ3v) is 2.68. The number of benzene rings is 1. The number of aromatic nitrogens is 2. The molecule has 6 heteroatoms. The Bertz CT molecular complexity index is 604. The van der Waals surface area contributed by atoms with E-state index in [0.717, 1.165) is 5.56 Å². The van der Waals surface area contributed by atoms with Gasteiger partial charge in [-0.15, -0.1) is 0 Å². The van der Waals surface area contributed by atoms with Crippen LogP contribution in [0.1, 0.15) is 11.3 Å². The average Bonchev–Trinajstić information content (AvgIpc) is 2.33. The molecule has 0 aliphatic heterocycles. The first-order chi connectivity index (χ1) is 8.56. The molecule has 1 aromatic carbocycles. The van der Waals surface area contributed by atoms with Gasteiger partial charge in [0.1, 0.15) is 16.4 Å². The van der Waals surface area contributed by atoms with E-state index in [9.17, 15) is 0 Å². The first-order valence-corrected chi connectivity index (χ1v) is 5.92. The first-order valence-electron chi connectivity index (χ1n) is 5.13. The average molecular weight is 280 g/mol. The number of hydrogen-bond acceptors (Lipinski definition) is 4. The molecule has 0 saturated carbocycles. The minimum Gasteiger partial charge on any atom is -0.423 e. The van der Waals surface area contributed by atoms with Crippen molar-refractivity contribution in [3.05, 3.63) is 46.7 Å². The Morgan fingerprint density at radius 1 is 1.39 bits per heavy atom. The van der Waals surface area contributed by atoms with Gasteiger partial charge in [-0.25, -0.2) is 4.98 Å². The zero-order valence-electron chi connectivity index (χ0n) is 9.55. The maximum absolute atomic E-state index is 6.05. The number of nitrogens with two attached hydrogens (primary N) is 1. The lowest BCUT2D eigenvalue weighted by Gasteiger charge is -2.07. The number of halogens is 1. The minimum absolute atomic E-state index is 0.158. The summed E-state index contributed by atoms with van der Waals surface area (Å²) in [5.74, 6) is 0.488. The molecule has 0 spiro atoms. The summed E-state index contributed by atoms with van der Waals surface area (Å²) in [5, 5.41) is 0.499. The highest BCUT2D eigenvalue weighted by Crippen LogP contribution is 2.28. The fourth-order valence-electron chi connectivity index (χ4n) is 1.31. The Morgan fingerprint density at radius 3 is 2.83 bits per heavy atom. The Hall–Kier alpha value is -1.72. The molecule has 18 heavy (non-hydrogen) atoms. The molecule has 2 rings (SSSR count). The SMILES string of the molecule is Cc1ccc(Oc2nccc(C(N)=S)n2)c(Cl)c1. The maximum atomic E-state index is 6.05. The van der Waals surface area contributed by atoms with Crippen molar-refractivity contribution in [3.8, 4) is 11.8 Å². The van der Waals surface area contributed by atoms with Gasteiger partial charge in [-0.3, -0.25) is 0 Å². The summed E-state index contributed by atoms with van der Waals surface area (Å²) in [6.45, 7) is 1.94. The first kappa shape index (κ1) is 12.7. The summed E-state index contributed by atoms with van der Waals surface area (Å²) in [6.07, 6.45) is 1.53. The molecular weight excluding hydrogens is 270 g/mol. The highest BCUT2D eigenvalue weighted by Gasteiger charge is 2.07. The molecule has 0 amide bonds. The van der Waals surface area contributed by atoms with Crippen molar-refractivity contribution >= 4 is 28.8 Å². The number of hydrogen-bond donors (Lipinski definition) is 1. The lowest BCUT2D eigenvalue weighted by Crippen LogP contribution is -2.12. The van der Waals surface area contributed by atoms with Crippen LogP contribution in [-0.4, -0.2) is 15.0 Å². The number of rotatable bonds is 3. The van der Waals surface area contributed by atoms with Crippen molar-refractivity contribution in [2.75, 3.05) is 0 Å². The summed E-state index contributed by atoms with van der Waals surface area (Å²) in [4.78, 5) is 8.24. The topological polar surface area (TPSA) is 61.0 Å². The quantitative estimate of drug-likeness (QED) is 0.876. The molecule has 92 valence electrons. The number of nitrogens with zero attached hydrogens (tertiary/aromatic N) is 2. The summed E-state index contributed by atoms with van der Waals surface area (Å²) < 4.78 is 5.49. The van der Waals surface area contributed by atoms with Crippen molar-refractivity contribution in [2.45, 2.75) is 6.92 Å². The Morgan fingerprint density at radius 2 is 2.17 bits per heavy atom. The van der Waals surface area contributed by atoms with Crippen LogP contribution >= 0.6 is 23.8 Å². The molecule has 2 aromatic rings. The summed E-state index contributed by atoms with van der Waals surface area (Å²) in [5.41, 5.74) is 6.99. The largest absolute Gasteiger partial charge is 0.423 e. The summed E-state index contributed by atoms with van der Waals surface area (Å²) in [6, 6.07) is 7.22. The molecule has 0 unspecified atom stereocenters. The van der Waals surface area contributed by atoms with Crippen LogP contribution in [0.25, 0.3) is 0 Å². The summed E-state index contributed by atoms with van der Waals surface area (Å²) >= 11 is 10.9. The number of thiocarbonyl (C=S) groups is 1. The van der Waals surface area contributed by atoms with Crippen LogP contribution in [0.4, 0.5) is 0 Å². The van der Waals surface area contributed by atoms with E-state index in [1.165, 1.54) is 6.20 Å². The van der Waals surface area contributed by atoms with Crippen molar-refractivity contribution in [1.29, 1.82) is 0 Å². The van der Waals surface area contributed by atoms with Crippen LogP contribution in [0.5, 0.6) is 11.8 Å². The third kappa shape index (κ3) is 2.94. The third-order valence-electron chi connectivity index (χ3n) is 2.17. The second-order valence-corrected chi connectivity index (χ2v) is 4.47. The molecule has 1 aromatic heterocycles. The molecule has 0 aliphatic carbocycles. The van der Waals surface area contributed by atoms with E-state index >= 15 is 0 Å². The molecule has 0 saturated heterocycles. The zero-order valence-corrected chi connectivity index (χ0v) is 11.1. The van der Waals surface area contributed by atoms with E-state index in [4.69, 9.17) is 34.3 Å². The fourth-order valence-corrected chi connectivity index (χ4v) is 1.70. The van der Waals surface area contributed by atoms with Gasteiger partial charge in [0, 0.05) is 6.20 Å². The van der Waals surface area contributed by atoms with Gasteiger partial charge in [-0.1, -0.05) is 29.9 Å². The van der Waals surface area contributed by atoms with Gasteiger partial charge in [0.15, 0.2) is 0 Å². The molecule has 4 nitrogen and oxygen atoms in total. The predicted molar refractivity (Wildman–Crippen MR) is 74.2 cm³/mol. The van der Waals surface area contributed by atoms with Gasteiger partial charge in [0.2, 0.25) is 0 Å². The number of aryl methyl sites for hydroxylation is 1. The predicted octanol–water partition coefficient (Wildman–Crippen LogP) is 2.86. The second-order valence-electron chi connectivity index (χ2n) is 3.62. The van der Waals surface area contributed by atoms with Crippen molar-refractivity contribution in [3.63, 3.8) is 0 Å². The lowest BCUT2D eigenvalue weighted by atomic mass is 10.2. The maximum Gasteiger partial charge on any atom is 0.322 e. The van der Waals surface area contributed by atoms with E-state index < -0.39 is 0 Å². The van der Waals surface area contributed by atoms with E-state index in [-0.39, 0.29) is 11.0 Å². The standard InChI is InChI=1S/C12H10ClN3OS/c1-7-2-3-10(8(13)6-7)17-12-15-5-4-9(16-12)11(14)18/h2-6H,1H3,(H2,14,18). The molecule has 0 radical (unpaired) electrons. The molecule has 0 atom stereocenters. The van der Waals surface area contributed by atoms with Crippen LogP contribution in [-0.2, 0) is 0 Å². The van der Waals surface area contributed by atoms with Gasteiger partial charge >= 0.3 is 6.01 Å². The van der Waals surface area contributed by atoms with E-state index in [1.54, 1.807) is 18.2 Å². The monoisotopic (exact) mass is 279 g/mol. The number of ether oxygens (including phenoxy) is 1. The van der Waals surface area contributed by atoms with Crippen LogP contribution in [0.3, 0.4) is 0 Å². The van der Waals surface area contributed by atoms with Crippen LogP contribution in [0, 0.1) is 6.92 Å². The van der Waals surface area contributed by atoms with Crippen molar-refractivity contribution in [2.24, 2.45) is 5.73 Å². The molecule has 2 N–H and O–H groups in total. The van der Waals surface area contributed by atoms with Crippen molar-refractivity contribution < 1.29 is 4.74 Å². The van der Waals surface area contributed by atoms with Crippen LogP contribution < -0.4 is 10.5 Å². The van der Waals surface area contributed by atoms with Crippen LogP contribution in [0.15, 0.2) is 30.5 Å². The van der Waals surface area contributed by atoms with Gasteiger partial charge in [0.25, 0.3) is 0 Å². The highest BCUT2D eigenvalue weighted by atomic mass is 35.5. The Balaban J connectivity index is 2.28. The van der Waals surface area contributed by atoms with E-state index in [0.29, 0.717) is 16.5 Å². The van der Waals surface area contributed by atoms with E-state index in [2.05, 4.69) is 9.97 Å². The Labute approximate surface area is 115 Å². The second kappa shape index (κ2) is 5.29. The Kier molecular flexibility index (Phi) is 3.74. The lowest BCUT2D eigenvalue weighted by molar-refractivity contribution is 0.441. The molecule has 1 heterocycles. The summed E-state index contributed by atoms with van der Waals surface area (Å²) in [7, 11) is 0. The molecule has 0 aliphatic rings. The van der Waals surface area contributed by atoms with Gasteiger partial charge in [0.05, 0.1) is 5.02 Å². The molecular formula is C12H10ClN3OS. The van der Waals surface area contributed by atoms with Crippen LogP contribution in [0.2, 0.25) is 5.02 Å². The van der Waals surface area contributed by atoms with E-state index in [1.807, 2.05) is 13.0 Å². The fraction of sp³-hybridized carbons (Fsp3) is 0.0833.